The van der Waals surface area contributed by atoms with E-state index in [9.17, 15) is 5.11 Å². The molecule has 4 rings (SSSR count). The van der Waals surface area contributed by atoms with Gasteiger partial charge in [-0.05, 0) is 48.1 Å². The number of likely N-dealkylation sites (N-methyl/N-ethyl adjacent to an activating group) is 1. The highest BCUT2D eigenvalue weighted by atomic mass is 16.3. The summed E-state index contributed by atoms with van der Waals surface area (Å²) in [6.45, 7) is 1.07. The van der Waals surface area contributed by atoms with Crippen LogP contribution < -0.4 is 4.90 Å². The number of benzene rings is 1. The van der Waals surface area contributed by atoms with Crippen molar-refractivity contribution in [2.45, 2.75) is 31.3 Å². The third-order valence-corrected chi connectivity index (χ3v) is 4.96. The van der Waals surface area contributed by atoms with Crippen molar-refractivity contribution < 1.29 is 5.11 Å². The quantitative estimate of drug-likeness (QED) is 0.919. The van der Waals surface area contributed by atoms with E-state index in [-0.39, 0.29) is 5.92 Å². The molecule has 3 heteroatoms. The van der Waals surface area contributed by atoms with E-state index < -0.39 is 6.10 Å². The topological polar surface area (TPSA) is 36.4 Å². The minimum absolute atomic E-state index is 0.137. The second-order valence-electron chi connectivity index (χ2n) is 6.20. The van der Waals surface area contributed by atoms with Gasteiger partial charge in [0.15, 0.2) is 0 Å². The number of anilines is 1. The van der Waals surface area contributed by atoms with Crippen LogP contribution in [0.15, 0.2) is 36.5 Å². The first-order valence-electron chi connectivity index (χ1n) is 7.70. The molecule has 21 heavy (non-hydrogen) atoms. The molecule has 2 atom stereocenters. The van der Waals surface area contributed by atoms with Gasteiger partial charge in [-0.2, -0.15) is 0 Å². The molecule has 0 saturated carbocycles. The fourth-order valence-corrected chi connectivity index (χ4v) is 3.75. The zero-order valence-corrected chi connectivity index (χ0v) is 12.3. The molecular weight excluding hydrogens is 260 g/mol. The number of pyridine rings is 1. The Morgan fingerprint density at radius 1 is 1.24 bits per heavy atom. The lowest BCUT2D eigenvalue weighted by Crippen LogP contribution is -2.12. The maximum Gasteiger partial charge on any atom is 0.0874 e. The lowest BCUT2D eigenvalue weighted by atomic mass is 9.92. The summed E-state index contributed by atoms with van der Waals surface area (Å²) in [6.07, 6.45) is 4.48. The van der Waals surface area contributed by atoms with Crippen molar-refractivity contribution in [2.75, 3.05) is 18.5 Å². The lowest BCUT2D eigenvalue weighted by Gasteiger charge is -2.20. The molecule has 2 heterocycles. The van der Waals surface area contributed by atoms with E-state index >= 15 is 0 Å². The number of nitrogens with zero attached hydrogens (tertiary/aromatic N) is 2. The van der Waals surface area contributed by atoms with E-state index in [1.807, 2.05) is 12.3 Å². The fraction of sp³-hybridized carbons (Fsp3) is 0.389. The molecule has 0 fully saturated rings. The summed E-state index contributed by atoms with van der Waals surface area (Å²) in [4.78, 5) is 6.78. The molecule has 0 radical (unpaired) electrons. The smallest absolute Gasteiger partial charge is 0.0874 e. The number of aliphatic hydroxyl groups is 1. The van der Waals surface area contributed by atoms with Crippen LogP contribution in [0.5, 0.6) is 0 Å². The summed E-state index contributed by atoms with van der Waals surface area (Å²) in [7, 11) is 2.12. The second-order valence-corrected chi connectivity index (χ2v) is 6.20. The Morgan fingerprint density at radius 3 is 3.05 bits per heavy atom. The number of aromatic nitrogens is 1. The van der Waals surface area contributed by atoms with Gasteiger partial charge in [0.1, 0.15) is 0 Å². The molecule has 1 N–H and O–H groups in total. The Balaban J connectivity index is 1.66. The Hall–Kier alpha value is -1.87. The Bertz CT molecular complexity index is 683. The Morgan fingerprint density at radius 2 is 2.14 bits per heavy atom. The van der Waals surface area contributed by atoms with Gasteiger partial charge in [-0.3, -0.25) is 4.98 Å². The standard InChI is InChI=1S/C18H20N2O/c1-20-10-8-13-11-14(5-7-16(13)20)18(21)15-6-4-12-3-2-9-19-17(12)15/h2-3,5,7,9,11,15,18,21H,4,6,8,10H2,1H3. The summed E-state index contributed by atoms with van der Waals surface area (Å²) in [5.41, 5.74) is 6.07. The first-order valence-corrected chi connectivity index (χ1v) is 7.70. The maximum atomic E-state index is 10.8. The van der Waals surface area contributed by atoms with E-state index in [0.717, 1.165) is 37.1 Å². The van der Waals surface area contributed by atoms with E-state index in [1.165, 1.54) is 16.8 Å². The highest BCUT2D eigenvalue weighted by molar-refractivity contribution is 5.58. The van der Waals surface area contributed by atoms with Gasteiger partial charge in [0, 0.05) is 37.1 Å². The Labute approximate surface area is 125 Å². The van der Waals surface area contributed by atoms with E-state index in [4.69, 9.17) is 0 Å². The molecule has 0 spiro atoms. The van der Waals surface area contributed by atoms with Crippen molar-refractivity contribution in [3.8, 4) is 0 Å². The fourth-order valence-electron chi connectivity index (χ4n) is 3.75. The normalized spacial score (nSPS) is 21.2. The molecule has 108 valence electrons. The molecule has 0 amide bonds. The van der Waals surface area contributed by atoms with Crippen molar-refractivity contribution in [3.05, 3.63) is 58.9 Å². The van der Waals surface area contributed by atoms with Crippen LogP contribution in [0, 0.1) is 0 Å². The monoisotopic (exact) mass is 280 g/mol. The SMILES string of the molecule is CN1CCc2cc(C(O)C3CCc4cccnc43)ccc21. The second kappa shape index (κ2) is 4.85. The van der Waals surface area contributed by atoms with Crippen molar-refractivity contribution in [3.63, 3.8) is 0 Å². The lowest BCUT2D eigenvalue weighted by molar-refractivity contribution is 0.143. The number of aliphatic hydroxyl groups excluding tert-OH is 1. The van der Waals surface area contributed by atoms with Crippen LogP contribution in [0.2, 0.25) is 0 Å². The minimum atomic E-state index is -0.447. The Kier molecular flexibility index (Phi) is 2.96. The first kappa shape index (κ1) is 12.8. The summed E-state index contributed by atoms with van der Waals surface area (Å²) in [6, 6.07) is 10.5. The molecule has 1 aromatic carbocycles. The van der Waals surface area contributed by atoms with Gasteiger partial charge in [-0.1, -0.05) is 18.2 Å². The molecule has 1 aromatic heterocycles. The largest absolute Gasteiger partial charge is 0.388 e. The van der Waals surface area contributed by atoms with Gasteiger partial charge < -0.3 is 10.0 Å². The van der Waals surface area contributed by atoms with Crippen molar-refractivity contribution in [2.24, 2.45) is 0 Å². The molecular formula is C18H20N2O. The zero-order valence-electron chi connectivity index (χ0n) is 12.3. The number of rotatable bonds is 2. The molecule has 2 aliphatic rings. The predicted molar refractivity (Wildman–Crippen MR) is 83.7 cm³/mol. The zero-order chi connectivity index (χ0) is 14.4. The average molecular weight is 280 g/mol. The minimum Gasteiger partial charge on any atom is -0.388 e. The molecule has 1 aliphatic heterocycles. The molecule has 0 bridgehead atoms. The number of aryl methyl sites for hydroxylation is 1. The van der Waals surface area contributed by atoms with Gasteiger partial charge in [0.05, 0.1) is 6.10 Å². The van der Waals surface area contributed by atoms with Gasteiger partial charge in [0.2, 0.25) is 0 Å². The first-order chi connectivity index (χ1) is 10.2. The van der Waals surface area contributed by atoms with Crippen LogP contribution in [0.1, 0.15) is 40.8 Å². The number of hydrogen-bond acceptors (Lipinski definition) is 3. The van der Waals surface area contributed by atoms with E-state index in [1.54, 1.807) is 0 Å². The molecule has 3 nitrogen and oxygen atoms in total. The van der Waals surface area contributed by atoms with E-state index in [0.29, 0.717) is 0 Å². The van der Waals surface area contributed by atoms with Crippen LogP contribution in [0.4, 0.5) is 5.69 Å². The molecule has 2 unspecified atom stereocenters. The molecule has 1 aliphatic carbocycles. The molecule has 2 aromatic rings. The maximum absolute atomic E-state index is 10.8. The van der Waals surface area contributed by atoms with Crippen LogP contribution in [0.3, 0.4) is 0 Å². The van der Waals surface area contributed by atoms with Crippen LogP contribution in [0.25, 0.3) is 0 Å². The van der Waals surface area contributed by atoms with Gasteiger partial charge in [-0.25, -0.2) is 0 Å². The van der Waals surface area contributed by atoms with Gasteiger partial charge >= 0.3 is 0 Å². The summed E-state index contributed by atoms with van der Waals surface area (Å²) in [5, 5.41) is 10.8. The van der Waals surface area contributed by atoms with Crippen molar-refractivity contribution in [1.29, 1.82) is 0 Å². The van der Waals surface area contributed by atoms with Crippen LogP contribution in [-0.4, -0.2) is 23.7 Å². The number of fused-ring (bicyclic) bond motifs is 2. The predicted octanol–water partition coefficient (Wildman–Crippen LogP) is 2.84. The number of hydrogen-bond donors (Lipinski definition) is 1. The average Bonchev–Trinajstić information content (AvgIpc) is 3.10. The van der Waals surface area contributed by atoms with E-state index in [2.05, 4.69) is 41.2 Å². The highest BCUT2D eigenvalue weighted by Crippen LogP contribution is 2.41. The van der Waals surface area contributed by atoms with Crippen molar-refractivity contribution >= 4 is 5.69 Å². The third-order valence-electron chi connectivity index (χ3n) is 4.96. The van der Waals surface area contributed by atoms with Crippen LogP contribution in [-0.2, 0) is 12.8 Å². The molecule has 0 saturated heterocycles. The summed E-state index contributed by atoms with van der Waals surface area (Å²) < 4.78 is 0. The van der Waals surface area contributed by atoms with Gasteiger partial charge in [0.25, 0.3) is 0 Å². The van der Waals surface area contributed by atoms with Gasteiger partial charge in [-0.15, -0.1) is 0 Å². The van der Waals surface area contributed by atoms with Crippen molar-refractivity contribution in [1.82, 2.24) is 4.98 Å². The highest BCUT2D eigenvalue weighted by Gasteiger charge is 2.31. The van der Waals surface area contributed by atoms with Crippen LogP contribution >= 0.6 is 0 Å². The third kappa shape index (κ3) is 2.04. The summed E-state index contributed by atoms with van der Waals surface area (Å²) >= 11 is 0. The summed E-state index contributed by atoms with van der Waals surface area (Å²) in [5.74, 6) is 0.137.